The molecule has 2 aromatic heterocycles. The molecule has 0 aliphatic heterocycles. The Labute approximate surface area is 138 Å². The number of nitrogens with two attached hydrogens (primary N) is 1. The Kier molecular flexibility index (Phi) is 4.16. The van der Waals surface area contributed by atoms with Gasteiger partial charge >= 0.3 is 0 Å². The molecule has 3 rings (SSSR count). The van der Waals surface area contributed by atoms with Gasteiger partial charge in [0.1, 0.15) is 16.2 Å². The van der Waals surface area contributed by atoms with Crippen LogP contribution in [0.1, 0.15) is 37.6 Å². The topological polar surface area (TPSA) is 68.9 Å². The van der Waals surface area contributed by atoms with Crippen molar-refractivity contribution in [3.05, 3.63) is 16.8 Å². The molecule has 0 unspecified atom stereocenters. The van der Waals surface area contributed by atoms with E-state index in [0.29, 0.717) is 11.3 Å². The highest BCUT2D eigenvalue weighted by atomic mass is 32.2. The molecule has 4 nitrogen and oxygen atoms in total. The number of rotatable bonds is 3. The number of thiophene rings is 1. The standard InChI is InChI=1S/C16H21N3OS2/c1-16(2,3)9-4-5-10-11(6-9)22-15-13(10)14(18-8-19-15)21-7-12(17)20/h8-9H,4-7H2,1-3H3,(H2,17,20)/t9-/m1/s1. The number of aryl methyl sites for hydroxylation is 1. The smallest absolute Gasteiger partial charge is 0.227 e. The van der Waals surface area contributed by atoms with Gasteiger partial charge < -0.3 is 5.73 Å². The molecule has 1 aliphatic rings. The first-order valence-corrected chi connectivity index (χ1v) is 9.33. The number of fused-ring (bicyclic) bond motifs is 3. The van der Waals surface area contributed by atoms with Gasteiger partial charge in [-0.3, -0.25) is 4.79 Å². The molecule has 22 heavy (non-hydrogen) atoms. The number of nitrogens with zero attached hydrogens (tertiary/aromatic N) is 2. The zero-order chi connectivity index (χ0) is 15.9. The average molecular weight is 335 g/mol. The van der Waals surface area contributed by atoms with Crippen molar-refractivity contribution in [2.24, 2.45) is 17.1 Å². The van der Waals surface area contributed by atoms with E-state index in [0.717, 1.165) is 28.1 Å². The summed E-state index contributed by atoms with van der Waals surface area (Å²) in [7, 11) is 0. The third-order valence-electron chi connectivity index (χ3n) is 4.39. The summed E-state index contributed by atoms with van der Waals surface area (Å²) in [6.07, 6.45) is 5.00. The van der Waals surface area contributed by atoms with Crippen molar-refractivity contribution in [3.8, 4) is 0 Å². The van der Waals surface area contributed by atoms with E-state index in [1.807, 2.05) is 0 Å². The summed E-state index contributed by atoms with van der Waals surface area (Å²) in [6.45, 7) is 6.97. The molecule has 1 amide bonds. The number of amides is 1. The predicted octanol–water partition coefficient (Wildman–Crippen LogP) is 3.42. The van der Waals surface area contributed by atoms with Crippen LogP contribution < -0.4 is 5.73 Å². The van der Waals surface area contributed by atoms with E-state index in [-0.39, 0.29) is 11.7 Å². The van der Waals surface area contributed by atoms with Crippen LogP contribution in [0.4, 0.5) is 0 Å². The quantitative estimate of drug-likeness (QED) is 0.689. The first-order valence-electron chi connectivity index (χ1n) is 7.52. The summed E-state index contributed by atoms with van der Waals surface area (Å²) in [5.41, 5.74) is 7.00. The first kappa shape index (κ1) is 15.7. The minimum absolute atomic E-state index is 0.265. The molecule has 0 bridgehead atoms. The summed E-state index contributed by atoms with van der Waals surface area (Å²) in [4.78, 5) is 22.4. The monoisotopic (exact) mass is 335 g/mol. The molecule has 118 valence electrons. The SMILES string of the molecule is CC(C)(C)[C@@H]1CCc2c(sc3ncnc(SCC(N)=O)c23)C1. The Balaban J connectivity index is 1.99. The largest absolute Gasteiger partial charge is 0.369 e. The Morgan fingerprint density at radius 2 is 2.23 bits per heavy atom. The van der Waals surface area contributed by atoms with E-state index in [2.05, 4.69) is 30.7 Å². The van der Waals surface area contributed by atoms with Crippen molar-refractivity contribution in [3.63, 3.8) is 0 Å². The number of carbonyl (C=O) groups is 1. The Hall–Kier alpha value is -1.14. The number of hydrogen-bond donors (Lipinski definition) is 1. The van der Waals surface area contributed by atoms with Gasteiger partial charge in [-0.05, 0) is 36.2 Å². The van der Waals surface area contributed by atoms with E-state index >= 15 is 0 Å². The zero-order valence-corrected chi connectivity index (χ0v) is 14.8. The van der Waals surface area contributed by atoms with Crippen LogP contribution in [-0.2, 0) is 17.6 Å². The normalized spacial score (nSPS) is 18.4. The van der Waals surface area contributed by atoms with Crippen LogP contribution in [0, 0.1) is 11.3 Å². The molecule has 0 spiro atoms. The van der Waals surface area contributed by atoms with Crippen molar-refractivity contribution in [1.29, 1.82) is 0 Å². The highest BCUT2D eigenvalue weighted by Gasteiger charge is 2.31. The van der Waals surface area contributed by atoms with Crippen LogP contribution in [0.25, 0.3) is 10.2 Å². The molecule has 1 aliphatic carbocycles. The van der Waals surface area contributed by atoms with Gasteiger partial charge in [0, 0.05) is 10.3 Å². The molecular weight excluding hydrogens is 314 g/mol. The molecule has 0 saturated carbocycles. The van der Waals surface area contributed by atoms with Gasteiger partial charge in [0.05, 0.1) is 5.75 Å². The molecule has 0 aromatic carbocycles. The average Bonchev–Trinajstić information content (AvgIpc) is 2.82. The van der Waals surface area contributed by atoms with Crippen molar-refractivity contribution < 1.29 is 4.79 Å². The van der Waals surface area contributed by atoms with Gasteiger partial charge in [-0.25, -0.2) is 9.97 Å². The summed E-state index contributed by atoms with van der Waals surface area (Å²) >= 11 is 3.21. The number of hydrogen-bond acceptors (Lipinski definition) is 5. The number of aromatic nitrogens is 2. The van der Waals surface area contributed by atoms with Crippen LogP contribution >= 0.6 is 23.1 Å². The Morgan fingerprint density at radius 3 is 2.91 bits per heavy atom. The molecule has 0 fully saturated rings. The maximum absolute atomic E-state index is 11.0. The summed E-state index contributed by atoms with van der Waals surface area (Å²) < 4.78 is 0. The molecule has 2 aromatic rings. The van der Waals surface area contributed by atoms with E-state index in [4.69, 9.17) is 5.73 Å². The van der Waals surface area contributed by atoms with Crippen molar-refractivity contribution in [1.82, 2.24) is 9.97 Å². The summed E-state index contributed by atoms with van der Waals surface area (Å²) in [5, 5.41) is 2.05. The summed E-state index contributed by atoms with van der Waals surface area (Å²) in [5.74, 6) is 0.665. The second-order valence-corrected chi connectivity index (χ2v) is 8.97. The number of carbonyl (C=O) groups excluding carboxylic acids is 1. The van der Waals surface area contributed by atoms with Crippen LogP contribution in [0.5, 0.6) is 0 Å². The van der Waals surface area contributed by atoms with Gasteiger partial charge in [0.15, 0.2) is 0 Å². The lowest BCUT2D eigenvalue weighted by Crippen LogP contribution is -2.26. The fraction of sp³-hybridized carbons (Fsp3) is 0.562. The molecule has 1 atom stereocenters. The Bertz CT molecular complexity index is 718. The molecule has 2 heterocycles. The fourth-order valence-corrected chi connectivity index (χ4v) is 5.17. The number of thioether (sulfide) groups is 1. The van der Waals surface area contributed by atoms with Gasteiger partial charge in [0.2, 0.25) is 5.91 Å². The molecule has 0 radical (unpaired) electrons. The van der Waals surface area contributed by atoms with Gasteiger partial charge in [-0.15, -0.1) is 11.3 Å². The minimum Gasteiger partial charge on any atom is -0.369 e. The summed E-state index contributed by atoms with van der Waals surface area (Å²) in [6, 6.07) is 0. The van der Waals surface area contributed by atoms with Gasteiger partial charge in [-0.1, -0.05) is 32.5 Å². The Morgan fingerprint density at radius 1 is 1.45 bits per heavy atom. The van der Waals surface area contributed by atoms with Crippen LogP contribution in [0.15, 0.2) is 11.4 Å². The number of primary amides is 1. The maximum Gasteiger partial charge on any atom is 0.227 e. The zero-order valence-electron chi connectivity index (χ0n) is 13.2. The second-order valence-electron chi connectivity index (χ2n) is 6.92. The van der Waals surface area contributed by atoms with E-state index in [9.17, 15) is 4.79 Å². The van der Waals surface area contributed by atoms with Crippen LogP contribution in [-0.4, -0.2) is 21.6 Å². The lowest BCUT2D eigenvalue weighted by Gasteiger charge is -2.33. The predicted molar refractivity (Wildman–Crippen MR) is 92.3 cm³/mol. The van der Waals surface area contributed by atoms with Gasteiger partial charge in [-0.2, -0.15) is 0 Å². The van der Waals surface area contributed by atoms with Gasteiger partial charge in [0.25, 0.3) is 0 Å². The molecular formula is C16H21N3OS2. The van der Waals surface area contributed by atoms with E-state index in [1.54, 1.807) is 17.7 Å². The minimum atomic E-state index is -0.311. The molecule has 0 saturated heterocycles. The maximum atomic E-state index is 11.0. The fourth-order valence-electron chi connectivity index (χ4n) is 3.07. The van der Waals surface area contributed by atoms with E-state index in [1.165, 1.54) is 28.6 Å². The van der Waals surface area contributed by atoms with E-state index < -0.39 is 0 Å². The van der Waals surface area contributed by atoms with Crippen molar-refractivity contribution >= 4 is 39.2 Å². The lowest BCUT2D eigenvalue weighted by molar-refractivity contribution is -0.115. The van der Waals surface area contributed by atoms with Crippen LogP contribution in [0.3, 0.4) is 0 Å². The van der Waals surface area contributed by atoms with Crippen LogP contribution in [0.2, 0.25) is 0 Å². The molecule has 6 heteroatoms. The van der Waals surface area contributed by atoms with Crippen molar-refractivity contribution in [2.45, 2.75) is 45.1 Å². The highest BCUT2D eigenvalue weighted by molar-refractivity contribution is 8.00. The second kappa shape index (κ2) is 5.81. The highest BCUT2D eigenvalue weighted by Crippen LogP contribution is 2.44. The third-order valence-corrected chi connectivity index (χ3v) is 6.56. The third kappa shape index (κ3) is 2.99. The first-order chi connectivity index (χ1) is 10.4. The molecule has 2 N–H and O–H groups in total. The van der Waals surface area contributed by atoms with Crippen molar-refractivity contribution in [2.75, 3.05) is 5.75 Å². The lowest BCUT2D eigenvalue weighted by atomic mass is 9.72.